The molecule has 4 rings (SSSR count). The molecular formula is C32H41N3O5. The number of rotatable bonds is 11. The number of anilines is 2. The first-order valence-electron chi connectivity index (χ1n) is 14.3. The van der Waals surface area contributed by atoms with Crippen molar-refractivity contribution in [1.29, 1.82) is 0 Å². The maximum Gasteiger partial charge on any atom is 0.310 e. The number of carbonyl (C=O) groups is 3. The zero-order valence-electron chi connectivity index (χ0n) is 23.8. The van der Waals surface area contributed by atoms with Gasteiger partial charge in [0.25, 0.3) is 0 Å². The van der Waals surface area contributed by atoms with E-state index in [0.29, 0.717) is 12.1 Å². The lowest BCUT2D eigenvalue weighted by Crippen LogP contribution is -2.51. The Morgan fingerprint density at radius 3 is 2.30 bits per heavy atom. The SMILES string of the molecule is CCOC(=O)[C@H]1[C@@H]2C(=O)N([C@@H](CO)Cc3ccccc3)[C@H](C(=O)Nc3ccc(N(CC)CC)cc3)[C@H]2C=C[C@H]1C. The molecule has 1 saturated heterocycles. The molecule has 214 valence electrons. The van der Waals surface area contributed by atoms with Crippen molar-refractivity contribution in [1.82, 2.24) is 4.90 Å². The fraction of sp³-hybridized carbons (Fsp3) is 0.469. The third-order valence-electron chi connectivity index (χ3n) is 8.22. The lowest BCUT2D eigenvalue weighted by Gasteiger charge is -2.33. The Morgan fingerprint density at radius 2 is 1.70 bits per heavy atom. The molecule has 2 aromatic carbocycles. The van der Waals surface area contributed by atoms with Gasteiger partial charge >= 0.3 is 5.97 Å². The van der Waals surface area contributed by atoms with Crippen LogP contribution >= 0.6 is 0 Å². The zero-order chi connectivity index (χ0) is 28.8. The van der Waals surface area contributed by atoms with Crippen LogP contribution in [-0.2, 0) is 25.5 Å². The summed E-state index contributed by atoms with van der Waals surface area (Å²) in [5.41, 5.74) is 2.63. The monoisotopic (exact) mass is 547 g/mol. The van der Waals surface area contributed by atoms with Crippen LogP contribution < -0.4 is 10.2 Å². The molecule has 1 fully saturated rings. The van der Waals surface area contributed by atoms with Crippen molar-refractivity contribution in [2.24, 2.45) is 23.7 Å². The molecule has 0 bridgehead atoms. The average Bonchev–Trinajstić information content (AvgIpc) is 3.25. The Labute approximate surface area is 237 Å². The Hall–Kier alpha value is -3.65. The van der Waals surface area contributed by atoms with Crippen molar-refractivity contribution in [3.8, 4) is 0 Å². The van der Waals surface area contributed by atoms with E-state index in [9.17, 15) is 19.5 Å². The van der Waals surface area contributed by atoms with Crippen LogP contribution in [0.3, 0.4) is 0 Å². The van der Waals surface area contributed by atoms with Gasteiger partial charge < -0.3 is 25.0 Å². The highest BCUT2D eigenvalue weighted by Crippen LogP contribution is 2.45. The second-order valence-corrected chi connectivity index (χ2v) is 10.5. The summed E-state index contributed by atoms with van der Waals surface area (Å²) in [4.78, 5) is 44.9. The van der Waals surface area contributed by atoms with Gasteiger partial charge in [0.15, 0.2) is 0 Å². The van der Waals surface area contributed by atoms with E-state index in [-0.39, 0.29) is 30.9 Å². The van der Waals surface area contributed by atoms with E-state index in [4.69, 9.17) is 4.74 Å². The van der Waals surface area contributed by atoms with Gasteiger partial charge in [0, 0.05) is 30.4 Å². The van der Waals surface area contributed by atoms with Crippen molar-refractivity contribution in [2.75, 3.05) is 36.5 Å². The van der Waals surface area contributed by atoms with Gasteiger partial charge in [-0.05, 0) is 62.9 Å². The molecule has 0 radical (unpaired) electrons. The average molecular weight is 548 g/mol. The van der Waals surface area contributed by atoms with E-state index in [2.05, 4.69) is 24.1 Å². The molecule has 1 heterocycles. The Kier molecular flexibility index (Phi) is 9.63. The van der Waals surface area contributed by atoms with Crippen LogP contribution in [0.1, 0.15) is 33.3 Å². The molecule has 40 heavy (non-hydrogen) atoms. The number of amides is 2. The minimum absolute atomic E-state index is 0.210. The smallest absolute Gasteiger partial charge is 0.310 e. The van der Waals surface area contributed by atoms with Gasteiger partial charge in [-0.2, -0.15) is 0 Å². The number of fused-ring (bicyclic) bond motifs is 1. The third kappa shape index (κ3) is 5.92. The van der Waals surface area contributed by atoms with E-state index in [1.165, 1.54) is 4.90 Å². The van der Waals surface area contributed by atoms with Crippen LogP contribution in [0.2, 0.25) is 0 Å². The van der Waals surface area contributed by atoms with Crippen LogP contribution in [0.5, 0.6) is 0 Å². The van der Waals surface area contributed by atoms with Gasteiger partial charge in [0.05, 0.1) is 31.1 Å². The first-order chi connectivity index (χ1) is 19.3. The highest BCUT2D eigenvalue weighted by Gasteiger charge is 2.58. The molecule has 0 saturated carbocycles. The summed E-state index contributed by atoms with van der Waals surface area (Å²) in [6.07, 6.45) is 4.19. The molecular weight excluding hydrogens is 506 g/mol. The number of likely N-dealkylation sites (tertiary alicyclic amines) is 1. The second kappa shape index (κ2) is 13.1. The summed E-state index contributed by atoms with van der Waals surface area (Å²) in [7, 11) is 0. The van der Waals surface area contributed by atoms with Crippen molar-refractivity contribution in [3.05, 3.63) is 72.3 Å². The van der Waals surface area contributed by atoms with Gasteiger partial charge in [0.2, 0.25) is 11.8 Å². The molecule has 0 unspecified atom stereocenters. The molecule has 0 aromatic heterocycles. The number of benzene rings is 2. The first-order valence-corrected chi connectivity index (χ1v) is 14.3. The van der Waals surface area contributed by atoms with Crippen molar-refractivity contribution in [2.45, 2.75) is 46.2 Å². The normalized spacial score (nSPS) is 24.4. The van der Waals surface area contributed by atoms with E-state index in [1.54, 1.807) is 6.92 Å². The molecule has 0 spiro atoms. The van der Waals surface area contributed by atoms with Crippen LogP contribution in [-0.4, -0.2) is 66.2 Å². The number of nitrogens with zero attached hydrogens (tertiary/aromatic N) is 2. The largest absolute Gasteiger partial charge is 0.466 e. The number of carbonyl (C=O) groups excluding carboxylic acids is 3. The number of aliphatic hydroxyl groups excluding tert-OH is 1. The second-order valence-electron chi connectivity index (χ2n) is 10.5. The maximum atomic E-state index is 14.1. The standard InChI is InChI=1S/C32H41N3O5/c1-5-34(6-2)24-16-14-23(15-17-24)33-30(37)29-26-18-13-21(4)27(32(39)40-7-3)28(26)31(38)35(29)25(20-36)19-22-11-9-8-10-12-22/h8-18,21,25-29,36H,5-7,19-20H2,1-4H3,(H,33,37)/t21-,25-,26+,27-,28-,29+/m1/s1. The molecule has 2 aromatic rings. The highest BCUT2D eigenvalue weighted by molar-refractivity contribution is 6.01. The maximum absolute atomic E-state index is 14.1. The summed E-state index contributed by atoms with van der Waals surface area (Å²) in [6, 6.07) is 15.7. The fourth-order valence-corrected chi connectivity index (χ4v) is 6.23. The number of ether oxygens (including phenoxy) is 1. The summed E-state index contributed by atoms with van der Waals surface area (Å²) < 4.78 is 5.37. The predicted octanol–water partition coefficient (Wildman–Crippen LogP) is 3.90. The van der Waals surface area contributed by atoms with E-state index < -0.39 is 35.8 Å². The van der Waals surface area contributed by atoms with E-state index in [1.807, 2.05) is 73.7 Å². The number of nitrogens with one attached hydrogen (secondary N) is 1. The third-order valence-corrected chi connectivity index (χ3v) is 8.22. The molecule has 8 nitrogen and oxygen atoms in total. The molecule has 1 aliphatic heterocycles. The summed E-state index contributed by atoms with van der Waals surface area (Å²) in [5, 5.41) is 13.5. The van der Waals surface area contributed by atoms with Crippen molar-refractivity contribution >= 4 is 29.2 Å². The molecule has 6 atom stereocenters. The molecule has 2 N–H and O–H groups in total. The first kappa shape index (κ1) is 29.3. The quantitative estimate of drug-likeness (QED) is 0.327. The molecule has 8 heteroatoms. The van der Waals surface area contributed by atoms with E-state index in [0.717, 1.165) is 24.3 Å². The summed E-state index contributed by atoms with van der Waals surface area (Å²) in [6.45, 7) is 9.47. The number of aliphatic hydroxyl groups is 1. The minimum Gasteiger partial charge on any atom is -0.466 e. The number of esters is 1. The Bertz CT molecular complexity index is 1190. The minimum atomic E-state index is -0.888. The lowest BCUT2D eigenvalue weighted by atomic mass is 9.70. The van der Waals surface area contributed by atoms with Gasteiger partial charge in [-0.15, -0.1) is 0 Å². The molecule has 2 amide bonds. The zero-order valence-corrected chi connectivity index (χ0v) is 23.8. The number of hydrogen-bond donors (Lipinski definition) is 2. The molecule has 1 aliphatic carbocycles. The summed E-state index contributed by atoms with van der Waals surface area (Å²) >= 11 is 0. The predicted molar refractivity (Wildman–Crippen MR) is 156 cm³/mol. The fourth-order valence-electron chi connectivity index (χ4n) is 6.23. The number of allylic oxidation sites excluding steroid dienone is 1. The van der Waals surface area contributed by atoms with Gasteiger partial charge in [-0.1, -0.05) is 49.4 Å². The van der Waals surface area contributed by atoms with Crippen molar-refractivity contribution < 1.29 is 24.2 Å². The van der Waals surface area contributed by atoms with Crippen LogP contribution in [0.15, 0.2) is 66.7 Å². The van der Waals surface area contributed by atoms with Gasteiger partial charge in [-0.25, -0.2) is 0 Å². The highest BCUT2D eigenvalue weighted by atomic mass is 16.5. The van der Waals surface area contributed by atoms with Crippen LogP contribution in [0.4, 0.5) is 11.4 Å². The Morgan fingerprint density at radius 1 is 1.02 bits per heavy atom. The lowest BCUT2D eigenvalue weighted by molar-refractivity contribution is -0.155. The van der Waals surface area contributed by atoms with E-state index >= 15 is 0 Å². The van der Waals surface area contributed by atoms with Gasteiger partial charge in [0.1, 0.15) is 6.04 Å². The van der Waals surface area contributed by atoms with Crippen molar-refractivity contribution in [3.63, 3.8) is 0 Å². The van der Waals surface area contributed by atoms with Gasteiger partial charge in [-0.3, -0.25) is 14.4 Å². The molecule has 2 aliphatic rings. The van der Waals surface area contributed by atoms with Crippen LogP contribution in [0, 0.1) is 23.7 Å². The topological polar surface area (TPSA) is 99.2 Å². The van der Waals surface area contributed by atoms with Crippen LogP contribution in [0.25, 0.3) is 0 Å². The summed E-state index contributed by atoms with van der Waals surface area (Å²) in [5.74, 6) is -3.27. The number of hydrogen-bond acceptors (Lipinski definition) is 6. The Balaban J connectivity index is 1.68.